The summed E-state index contributed by atoms with van der Waals surface area (Å²) in [5, 5.41) is 0. The van der Waals surface area contributed by atoms with Crippen molar-refractivity contribution in [2.75, 3.05) is 6.61 Å². The zero-order valence-electron chi connectivity index (χ0n) is 25.2. The molecule has 0 unspecified atom stereocenters. The van der Waals surface area contributed by atoms with Crippen LogP contribution in [0.3, 0.4) is 0 Å². The minimum Gasteiger partial charge on any atom is -0.464 e. The molecule has 2 saturated heterocycles. The summed E-state index contributed by atoms with van der Waals surface area (Å²) in [6.45, 7) is 15.2. The van der Waals surface area contributed by atoms with Gasteiger partial charge in [-0.15, -0.1) is 0 Å². The second-order valence-electron chi connectivity index (χ2n) is 11.4. The number of benzene rings is 1. The molecule has 13 heteroatoms. The molecule has 2 fully saturated rings. The van der Waals surface area contributed by atoms with E-state index >= 15 is 0 Å². The van der Waals surface area contributed by atoms with Crippen molar-refractivity contribution in [2.24, 2.45) is 5.92 Å². The van der Waals surface area contributed by atoms with E-state index in [0.29, 0.717) is 11.3 Å². The molecule has 2 aliphatic rings. The number of esters is 4. The molecule has 0 saturated carbocycles. The summed E-state index contributed by atoms with van der Waals surface area (Å²) >= 11 is 0. The highest BCUT2D eigenvalue weighted by Crippen LogP contribution is 2.40. The SMILES string of the molecule is CC(=O)OC[C@]1(OC(C)=O)O[C@@H](Oc2ccc(B3OC(C)(C)C(C)(C)O3)cc2C)[C@@H](C)[C@H](OC(C)=O)[C@H]1OC(C)=O. The first kappa shape index (κ1) is 32.4. The van der Waals surface area contributed by atoms with E-state index in [1.165, 1.54) is 6.92 Å². The summed E-state index contributed by atoms with van der Waals surface area (Å²) in [6.07, 6.45) is -3.88. The average Bonchev–Trinajstić information content (AvgIpc) is 3.05. The molecule has 0 amide bonds. The van der Waals surface area contributed by atoms with Crippen molar-refractivity contribution in [1.82, 2.24) is 0 Å². The van der Waals surface area contributed by atoms with Crippen molar-refractivity contribution in [3.63, 3.8) is 0 Å². The van der Waals surface area contributed by atoms with Gasteiger partial charge in [0, 0.05) is 27.7 Å². The first-order chi connectivity index (χ1) is 18.9. The van der Waals surface area contributed by atoms with Crippen molar-refractivity contribution in [2.45, 2.75) is 105 Å². The molecule has 1 aromatic rings. The Morgan fingerprint density at radius 1 is 0.878 bits per heavy atom. The zero-order valence-corrected chi connectivity index (χ0v) is 25.2. The summed E-state index contributed by atoms with van der Waals surface area (Å²) < 4.78 is 46.4. The second-order valence-corrected chi connectivity index (χ2v) is 11.4. The third-order valence-electron chi connectivity index (χ3n) is 7.35. The number of hydrogen-bond acceptors (Lipinski definition) is 12. The lowest BCUT2D eigenvalue weighted by Gasteiger charge is -2.49. The van der Waals surface area contributed by atoms with E-state index in [4.69, 9.17) is 37.7 Å². The van der Waals surface area contributed by atoms with E-state index in [-0.39, 0.29) is 0 Å². The molecule has 41 heavy (non-hydrogen) atoms. The van der Waals surface area contributed by atoms with Crippen LogP contribution in [0.5, 0.6) is 5.75 Å². The van der Waals surface area contributed by atoms with Crippen molar-refractivity contribution < 1.29 is 56.9 Å². The van der Waals surface area contributed by atoms with E-state index in [0.717, 1.165) is 26.2 Å². The van der Waals surface area contributed by atoms with E-state index in [9.17, 15) is 19.2 Å². The normalized spacial score (nSPS) is 28.4. The predicted octanol–water partition coefficient (Wildman–Crippen LogP) is 2.35. The average molecular weight is 578 g/mol. The molecule has 0 bridgehead atoms. The zero-order chi connectivity index (χ0) is 30.9. The standard InChI is InChI=1S/C28H39BO12/c1-15-13-21(29-40-26(7,8)27(9,10)41-29)11-12-22(15)37-25-16(2)23(35-18(4)31)24(36-19(5)32)28(39-25,38-20(6)33)14-34-17(3)30/h11-13,16,23-25H,14H2,1-10H3/t16-,23-,24+,25+,28-/m0/s1. The van der Waals surface area contributed by atoms with Crippen LogP contribution in [0.15, 0.2) is 18.2 Å². The number of ether oxygens (including phenoxy) is 6. The maximum absolute atomic E-state index is 12.2. The van der Waals surface area contributed by atoms with Crippen molar-refractivity contribution >= 4 is 36.5 Å². The largest absolute Gasteiger partial charge is 0.494 e. The summed E-state index contributed by atoms with van der Waals surface area (Å²) in [6, 6.07) is 5.36. The van der Waals surface area contributed by atoms with Gasteiger partial charge in [-0.3, -0.25) is 23.9 Å². The van der Waals surface area contributed by atoms with Crippen molar-refractivity contribution in [1.29, 1.82) is 0 Å². The predicted molar refractivity (Wildman–Crippen MR) is 144 cm³/mol. The lowest BCUT2D eigenvalue weighted by molar-refractivity contribution is -0.377. The molecule has 5 atom stereocenters. The Balaban J connectivity index is 1.99. The van der Waals surface area contributed by atoms with Gasteiger partial charge in [0.15, 0.2) is 12.7 Å². The molecule has 2 aliphatic heterocycles. The number of rotatable bonds is 8. The summed E-state index contributed by atoms with van der Waals surface area (Å²) in [4.78, 5) is 48.1. The minimum atomic E-state index is -2.18. The van der Waals surface area contributed by atoms with E-state index in [1.54, 1.807) is 19.1 Å². The Bertz CT molecular complexity index is 1160. The Hall–Kier alpha value is -3.16. The molecule has 0 aromatic heterocycles. The molecule has 12 nitrogen and oxygen atoms in total. The van der Waals surface area contributed by atoms with Crippen molar-refractivity contribution in [3.8, 4) is 5.75 Å². The van der Waals surface area contributed by atoms with Crippen LogP contribution in [0.4, 0.5) is 0 Å². The van der Waals surface area contributed by atoms with Gasteiger partial charge in [0.2, 0.25) is 12.4 Å². The Kier molecular flexibility index (Phi) is 9.46. The molecule has 0 aliphatic carbocycles. The molecular formula is C28H39BO12. The maximum atomic E-state index is 12.2. The third-order valence-corrected chi connectivity index (χ3v) is 7.35. The monoisotopic (exact) mass is 578 g/mol. The van der Waals surface area contributed by atoms with E-state index in [2.05, 4.69) is 0 Å². The van der Waals surface area contributed by atoms with Crippen molar-refractivity contribution in [3.05, 3.63) is 23.8 Å². The number of carbonyl (C=O) groups excluding carboxylic acids is 4. The van der Waals surface area contributed by atoms with Crippen LogP contribution in [0, 0.1) is 12.8 Å². The fraction of sp³-hybridized carbons (Fsp3) is 0.643. The number of carbonyl (C=O) groups is 4. The fourth-order valence-corrected chi connectivity index (χ4v) is 4.61. The minimum absolute atomic E-state index is 0.402. The van der Waals surface area contributed by atoms with Gasteiger partial charge in [0.25, 0.3) is 5.79 Å². The Morgan fingerprint density at radius 3 is 1.95 bits per heavy atom. The van der Waals surface area contributed by atoms with Gasteiger partial charge in [-0.1, -0.05) is 19.1 Å². The topological polar surface area (TPSA) is 142 Å². The highest BCUT2D eigenvalue weighted by molar-refractivity contribution is 6.62. The second kappa shape index (κ2) is 12.0. The van der Waals surface area contributed by atoms with Crippen LogP contribution in [-0.4, -0.2) is 73.1 Å². The van der Waals surface area contributed by atoms with Gasteiger partial charge < -0.3 is 33.0 Å². The van der Waals surface area contributed by atoms with Crippen LogP contribution in [-0.2, 0) is 52.2 Å². The highest BCUT2D eigenvalue weighted by atomic mass is 16.8. The van der Waals surface area contributed by atoms with E-state index < -0.39 is 79.0 Å². The van der Waals surface area contributed by atoms with Gasteiger partial charge >= 0.3 is 31.0 Å². The lowest BCUT2D eigenvalue weighted by atomic mass is 9.78. The summed E-state index contributed by atoms with van der Waals surface area (Å²) in [5.74, 6) is -5.52. The first-order valence-electron chi connectivity index (χ1n) is 13.4. The maximum Gasteiger partial charge on any atom is 0.494 e. The fourth-order valence-electron chi connectivity index (χ4n) is 4.61. The molecule has 1 aromatic carbocycles. The quantitative estimate of drug-likeness (QED) is 0.254. The Morgan fingerprint density at radius 2 is 1.46 bits per heavy atom. The molecular weight excluding hydrogens is 539 g/mol. The molecule has 2 heterocycles. The molecule has 0 N–H and O–H groups in total. The van der Waals surface area contributed by atoms with Gasteiger partial charge in [-0.25, -0.2) is 0 Å². The molecule has 3 rings (SSSR count). The van der Waals surface area contributed by atoms with E-state index in [1.807, 2.05) is 40.7 Å². The van der Waals surface area contributed by atoms with Gasteiger partial charge in [-0.05, 0) is 51.7 Å². The number of hydrogen-bond donors (Lipinski definition) is 0. The number of aryl methyl sites for hydroxylation is 1. The van der Waals surface area contributed by atoms with Gasteiger partial charge in [0.1, 0.15) is 5.75 Å². The van der Waals surface area contributed by atoms with Crippen LogP contribution < -0.4 is 10.2 Å². The highest BCUT2D eigenvalue weighted by Gasteiger charge is 2.61. The summed E-state index contributed by atoms with van der Waals surface area (Å²) in [7, 11) is -0.587. The molecule has 226 valence electrons. The van der Waals surface area contributed by atoms with Gasteiger partial charge in [0.05, 0.1) is 17.1 Å². The third kappa shape index (κ3) is 7.20. The van der Waals surface area contributed by atoms with Crippen LogP contribution in [0.1, 0.15) is 67.9 Å². The van der Waals surface area contributed by atoms with Crippen LogP contribution in [0.25, 0.3) is 0 Å². The molecule has 0 radical (unpaired) electrons. The Labute approximate surface area is 240 Å². The smallest absolute Gasteiger partial charge is 0.464 e. The van der Waals surface area contributed by atoms with Crippen LogP contribution >= 0.6 is 0 Å². The first-order valence-corrected chi connectivity index (χ1v) is 13.4. The lowest BCUT2D eigenvalue weighted by Crippen LogP contribution is -2.68. The molecule has 0 spiro atoms. The van der Waals surface area contributed by atoms with Gasteiger partial charge in [-0.2, -0.15) is 0 Å². The summed E-state index contributed by atoms with van der Waals surface area (Å²) in [5.41, 5.74) is 0.455. The van der Waals surface area contributed by atoms with Crippen LogP contribution in [0.2, 0.25) is 0 Å².